The van der Waals surface area contributed by atoms with Gasteiger partial charge in [0.25, 0.3) is 5.91 Å². The smallest absolute Gasteiger partial charge is 0.321 e. The number of hydrogen-bond acceptors (Lipinski definition) is 3. The maximum absolute atomic E-state index is 12.9. The molecule has 0 spiro atoms. The number of urea groups is 1. The second kappa shape index (κ2) is 8.89. The van der Waals surface area contributed by atoms with Gasteiger partial charge in [-0.25, -0.2) is 4.79 Å². The van der Waals surface area contributed by atoms with Crippen LogP contribution in [0, 0.1) is 13.8 Å². The Morgan fingerprint density at radius 3 is 2.32 bits per heavy atom. The Bertz CT molecular complexity index is 830. The second-order valence-corrected chi connectivity index (χ2v) is 7.28. The van der Waals surface area contributed by atoms with Gasteiger partial charge in [-0.3, -0.25) is 10.1 Å². The normalized spacial score (nSPS) is 15.8. The molecular formula is C22H29N4O2+. The zero-order valence-corrected chi connectivity index (χ0v) is 16.8. The first-order valence-electron chi connectivity index (χ1n) is 9.74. The largest absolute Gasteiger partial charge is 0.360 e. The fourth-order valence-electron chi connectivity index (χ4n) is 3.87. The van der Waals surface area contributed by atoms with E-state index in [1.807, 2.05) is 30.3 Å². The van der Waals surface area contributed by atoms with Gasteiger partial charge in [0.05, 0.1) is 26.2 Å². The van der Waals surface area contributed by atoms with Crippen molar-refractivity contribution in [2.45, 2.75) is 19.9 Å². The molecule has 3 amide bonds. The van der Waals surface area contributed by atoms with Crippen LogP contribution in [-0.2, 0) is 4.79 Å². The highest BCUT2D eigenvalue weighted by Gasteiger charge is 2.35. The zero-order chi connectivity index (χ0) is 20.1. The molecule has 148 valence electrons. The molecule has 0 radical (unpaired) electrons. The monoisotopic (exact) mass is 381 g/mol. The first-order valence-corrected chi connectivity index (χ1v) is 9.74. The number of anilines is 1. The highest BCUT2D eigenvalue weighted by Crippen LogP contribution is 2.23. The van der Waals surface area contributed by atoms with Crippen molar-refractivity contribution in [2.24, 2.45) is 0 Å². The van der Waals surface area contributed by atoms with Crippen molar-refractivity contribution in [3.63, 3.8) is 0 Å². The summed E-state index contributed by atoms with van der Waals surface area (Å²) < 4.78 is 0. The first-order chi connectivity index (χ1) is 13.5. The Labute approximate surface area is 166 Å². The molecule has 1 aliphatic heterocycles. The van der Waals surface area contributed by atoms with E-state index >= 15 is 0 Å². The van der Waals surface area contributed by atoms with Gasteiger partial charge in [0.1, 0.15) is 0 Å². The fourth-order valence-corrected chi connectivity index (χ4v) is 3.87. The number of amides is 3. The van der Waals surface area contributed by atoms with Crippen LogP contribution in [0.2, 0.25) is 0 Å². The molecular weight excluding hydrogens is 352 g/mol. The summed E-state index contributed by atoms with van der Waals surface area (Å²) in [4.78, 5) is 28.1. The molecule has 3 N–H and O–H groups in total. The topological polar surface area (TPSA) is 65.9 Å². The van der Waals surface area contributed by atoms with E-state index in [0.29, 0.717) is 0 Å². The number of rotatable bonds is 4. The SMILES string of the molecule is CNC(=O)NC(=O)[C@@H](c1ccccc1)[NH+]1CCN(c2cccc(C)c2C)CC1. The third kappa shape index (κ3) is 4.34. The molecule has 3 rings (SSSR count). The van der Waals surface area contributed by atoms with Crippen molar-refractivity contribution < 1.29 is 14.5 Å². The molecule has 1 fully saturated rings. The minimum absolute atomic E-state index is 0.263. The number of quaternary nitrogens is 1. The molecule has 1 saturated heterocycles. The number of imide groups is 1. The lowest BCUT2D eigenvalue weighted by Crippen LogP contribution is -3.16. The maximum atomic E-state index is 12.9. The standard InChI is InChI=1S/C22H28N4O2/c1-16-8-7-11-19(17(16)2)25-12-14-26(15-13-25)20(18-9-5-4-6-10-18)21(27)24-22(28)23-3/h4-11,20H,12-15H2,1-3H3,(H2,23,24,27,28)/p+1/t20-/m1/s1. The van der Waals surface area contributed by atoms with Gasteiger partial charge in [-0.05, 0) is 31.0 Å². The van der Waals surface area contributed by atoms with Gasteiger partial charge in [-0.15, -0.1) is 0 Å². The van der Waals surface area contributed by atoms with Crippen molar-refractivity contribution in [1.29, 1.82) is 0 Å². The molecule has 0 aliphatic carbocycles. The van der Waals surface area contributed by atoms with E-state index in [9.17, 15) is 9.59 Å². The quantitative estimate of drug-likeness (QED) is 0.746. The van der Waals surface area contributed by atoms with E-state index < -0.39 is 12.1 Å². The summed E-state index contributed by atoms with van der Waals surface area (Å²) >= 11 is 0. The van der Waals surface area contributed by atoms with Crippen LogP contribution in [-0.4, -0.2) is 45.2 Å². The van der Waals surface area contributed by atoms with Crippen LogP contribution in [0.3, 0.4) is 0 Å². The molecule has 0 saturated carbocycles. The van der Waals surface area contributed by atoms with E-state index in [1.54, 1.807) is 0 Å². The summed E-state index contributed by atoms with van der Waals surface area (Å²) in [5.74, 6) is -0.263. The van der Waals surface area contributed by atoms with E-state index in [0.717, 1.165) is 31.7 Å². The van der Waals surface area contributed by atoms with Crippen LogP contribution >= 0.6 is 0 Å². The van der Waals surface area contributed by atoms with Gasteiger partial charge in [0.15, 0.2) is 6.04 Å². The van der Waals surface area contributed by atoms with Gasteiger partial charge < -0.3 is 15.1 Å². The number of carbonyl (C=O) groups is 2. The third-order valence-corrected chi connectivity index (χ3v) is 5.59. The van der Waals surface area contributed by atoms with Crippen molar-refractivity contribution >= 4 is 17.6 Å². The van der Waals surface area contributed by atoms with E-state index in [2.05, 4.69) is 47.6 Å². The van der Waals surface area contributed by atoms with Crippen LogP contribution < -0.4 is 20.4 Å². The predicted octanol–water partition coefficient (Wildman–Crippen LogP) is 1.21. The van der Waals surface area contributed by atoms with Gasteiger partial charge >= 0.3 is 6.03 Å². The molecule has 1 heterocycles. The molecule has 0 unspecified atom stereocenters. The first kappa shape index (κ1) is 19.9. The molecule has 0 aromatic heterocycles. The third-order valence-electron chi connectivity index (χ3n) is 5.59. The van der Waals surface area contributed by atoms with Crippen LogP contribution in [0.15, 0.2) is 48.5 Å². The lowest BCUT2D eigenvalue weighted by Gasteiger charge is -2.37. The Kier molecular flexibility index (Phi) is 6.31. The summed E-state index contributed by atoms with van der Waals surface area (Å²) in [6, 6.07) is 15.2. The van der Waals surface area contributed by atoms with Crippen LogP contribution in [0.25, 0.3) is 0 Å². The fraction of sp³-hybridized carbons (Fsp3) is 0.364. The predicted molar refractivity (Wildman–Crippen MR) is 111 cm³/mol. The summed E-state index contributed by atoms with van der Waals surface area (Å²) in [6.45, 7) is 7.69. The van der Waals surface area contributed by atoms with Gasteiger partial charge in [0, 0.05) is 18.3 Å². The molecule has 2 aromatic carbocycles. The zero-order valence-electron chi connectivity index (χ0n) is 16.8. The number of piperazine rings is 1. The van der Waals surface area contributed by atoms with E-state index in [1.165, 1.54) is 28.8 Å². The number of hydrogen-bond donors (Lipinski definition) is 3. The van der Waals surface area contributed by atoms with Gasteiger partial charge in [-0.2, -0.15) is 0 Å². The molecule has 1 atom stereocenters. The van der Waals surface area contributed by atoms with Crippen LogP contribution in [0.5, 0.6) is 0 Å². The Morgan fingerprint density at radius 2 is 1.68 bits per heavy atom. The molecule has 28 heavy (non-hydrogen) atoms. The summed E-state index contributed by atoms with van der Waals surface area (Å²) in [5, 5.41) is 4.92. The molecule has 6 heteroatoms. The lowest BCUT2D eigenvalue weighted by molar-refractivity contribution is -0.922. The highest BCUT2D eigenvalue weighted by atomic mass is 16.2. The number of carbonyl (C=O) groups excluding carboxylic acids is 2. The Balaban J connectivity index is 1.76. The second-order valence-electron chi connectivity index (χ2n) is 7.28. The number of aryl methyl sites for hydroxylation is 1. The van der Waals surface area contributed by atoms with Crippen molar-refractivity contribution in [3.8, 4) is 0 Å². The van der Waals surface area contributed by atoms with Crippen molar-refractivity contribution in [1.82, 2.24) is 10.6 Å². The average Bonchev–Trinajstić information content (AvgIpc) is 2.71. The lowest BCUT2D eigenvalue weighted by atomic mass is 10.0. The van der Waals surface area contributed by atoms with Crippen LogP contribution in [0.1, 0.15) is 22.7 Å². The molecule has 1 aliphatic rings. The number of nitrogens with one attached hydrogen (secondary N) is 3. The maximum Gasteiger partial charge on any atom is 0.321 e. The minimum Gasteiger partial charge on any atom is -0.360 e. The van der Waals surface area contributed by atoms with Crippen LogP contribution in [0.4, 0.5) is 10.5 Å². The molecule has 2 aromatic rings. The van der Waals surface area contributed by atoms with Crippen molar-refractivity contribution in [3.05, 3.63) is 65.2 Å². The number of nitrogens with zero attached hydrogens (tertiary/aromatic N) is 1. The van der Waals surface area contributed by atoms with Gasteiger partial charge in [0.2, 0.25) is 0 Å². The van der Waals surface area contributed by atoms with E-state index in [4.69, 9.17) is 0 Å². The summed E-state index contributed by atoms with van der Waals surface area (Å²) in [7, 11) is 1.51. The number of benzene rings is 2. The summed E-state index contributed by atoms with van der Waals surface area (Å²) in [6.07, 6.45) is 0. The highest BCUT2D eigenvalue weighted by molar-refractivity contribution is 5.96. The Hall–Kier alpha value is -2.86. The van der Waals surface area contributed by atoms with E-state index in [-0.39, 0.29) is 5.91 Å². The summed E-state index contributed by atoms with van der Waals surface area (Å²) in [5.41, 5.74) is 4.80. The average molecular weight is 382 g/mol. The molecule has 0 bridgehead atoms. The minimum atomic E-state index is -0.473. The molecule has 6 nitrogen and oxygen atoms in total. The van der Waals surface area contributed by atoms with Gasteiger partial charge in [-0.1, -0.05) is 42.5 Å². The Morgan fingerprint density at radius 1 is 1.00 bits per heavy atom. The van der Waals surface area contributed by atoms with Crippen molar-refractivity contribution in [2.75, 3.05) is 38.1 Å².